The highest BCUT2D eigenvalue weighted by Crippen LogP contribution is 2.21. The molecule has 0 aliphatic heterocycles. The molecule has 0 bridgehead atoms. The summed E-state index contributed by atoms with van der Waals surface area (Å²) in [4.78, 5) is 15.9. The van der Waals surface area contributed by atoms with Crippen molar-refractivity contribution >= 4 is 5.91 Å². The smallest absolute Gasteiger partial charge is 0.422 e. The number of nitrogens with zero attached hydrogens (tertiary/aromatic N) is 1. The molecule has 0 spiro atoms. The lowest BCUT2D eigenvalue weighted by Gasteiger charge is -2.14. The normalized spacial score (nSPS) is 12.7. The molecule has 23 heavy (non-hydrogen) atoms. The number of amides is 1. The Kier molecular flexibility index (Phi) is 4.92. The van der Waals surface area contributed by atoms with E-state index in [2.05, 4.69) is 15.0 Å². The highest BCUT2D eigenvalue weighted by Gasteiger charge is 2.29. The first-order valence-electron chi connectivity index (χ1n) is 6.78. The quantitative estimate of drug-likeness (QED) is 0.913. The lowest BCUT2D eigenvalue weighted by molar-refractivity contribution is -0.154. The Morgan fingerprint density at radius 1 is 1.39 bits per heavy atom. The minimum absolute atomic E-state index is 0.0770. The number of pyridine rings is 1. The van der Waals surface area contributed by atoms with E-state index in [1.807, 2.05) is 0 Å². The van der Waals surface area contributed by atoms with E-state index < -0.39 is 24.7 Å². The molecule has 0 saturated heterocycles. The number of carbonyl (C=O) groups excluding carboxylic acids is 1. The van der Waals surface area contributed by atoms with Crippen LogP contribution in [-0.2, 0) is 0 Å². The van der Waals surface area contributed by atoms with Crippen molar-refractivity contribution in [1.82, 2.24) is 10.3 Å². The Morgan fingerprint density at radius 3 is 2.74 bits per heavy atom. The van der Waals surface area contributed by atoms with Gasteiger partial charge in [0.1, 0.15) is 17.1 Å². The molecule has 1 amide bonds. The predicted octanol–water partition coefficient (Wildman–Crippen LogP) is 3.42. The number of halogens is 3. The van der Waals surface area contributed by atoms with Gasteiger partial charge in [-0.25, -0.2) is 4.98 Å². The number of furan rings is 1. The number of ether oxygens (including phenoxy) is 1. The summed E-state index contributed by atoms with van der Waals surface area (Å²) in [5.74, 6) is 0.260. The van der Waals surface area contributed by atoms with Crippen molar-refractivity contribution in [2.45, 2.75) is 26.1 Å². The third-order valence-electron chi connectivity index (χ3n) is 2.92. The van der Waals surface area contributed by atoms with Gasteiger partial charge in [-0.1, -0.05) is 0 Å². The lowest BCUT2D eigenvalue weighted by Crippen LogP contribution is -2.28. The summed E-state index contributed by atoms with van der Waals surface area (Å²) < 4.78 is 46.7. The average molecular weight is 328 g/mol. The van der Waals surface area contributed by atoms with Gasteiger partial charge in [0.05, 0.1) is 6.04 Å². The first kappa shape index (κ1) is 16.9. The molecule has 0 aliphatic carbocycles. The zero-order valence-electron chi connectivity index (χ0n) is 12.5. The third-order valence-corrected chi connectivity index (χ3v) is 2.92. The second kappa shape index (κ2) is 6.72. The van der Waals surface area contributed by atoms with Gasteiger partial charge in [0.2, 0.25) is 5.88 Å². The van der Waals surface area contributed by atoms with Crippen LogP contribution in [0, 0.1) is 6.92 Å². The van der Waals surface area contributed by atoms with E-state index in [-0.39, 0.29) is 11.4 Å². The zero-order chi connectivity index (χ0) is 17.0. The summed E-state index contributed by atoms with van der Waals surface area (Å²) >= 11 is 0. The Labute approximate surface area is 130 Å². The van der Waals surface area contributed by atoms with Crippen LogP contribution in [0.4, 0.5) is 13.2 Å². The van der Waals surface area contributed by atoms with Gasteiger partial charge < -0.3 is 14.5 Å². The second-order valence-electron chi connectivity index (χ2n) is 4.90. The molecule has 1 atom stereocenters. The van der Waals surface area contributed by atoms with Crippen molar-refractivity contribution in [3.05, 3.63) is 47.5 Å². The van der Waals surface area contributed by atoms with Crippen molar-refractivity contribution in [3.63, 3.8) is 0 Å². The molecule has 8 heteroatoms. The van der Waals surface area contributed by atoms with Gasteiger partial charge in [-0.3, -0.25) is 4.79 Å². The highest BCUT2D eigenvalue weighted by atomic mass is 19.4. The van der Waals surface area contributed by atoms with Crippen LogP contribution in [0.5, 0.6) is 5.88 Å². The molecule has 1 unspecified atom stereocenters. The fourth-order valence-corrected chi connectivity index (χ4v) is 1.86. The second-order valence-corrected chi connectivity index (χ2v) is 4.90. The largest absolute Gasteiger partial charge is 0.467 e. The minimum Gasteiger partial charge on any atom is -0.467 e. The van der Waals surface area contributed by atoms with Crippen molar-refractivity contribution in [2.24, 2.45) is 0 Å². The van der Waals surface area contributed by atoms with Crippen LogP contribution >= 0.6 is 0 Å². The molecule has 1 N–H and O–H groups in total. The standard InChI is InChI=1S/C15H15F3N2O3/c1-9-5-6-12(23-9)10(2)20-13(21)11-4-3-7-19-14(11)22-8-15(16,17)18/h3-7,10H,8H2,1-2H3,(H,20,21). The van der Waals surface area contributed by atoms with E-state index >= 15 is 0 Å². The van der Waals surface area contributed by atoms with Gasteiger partial charge in [0.25, 0.3) is 5.91 Å². The Hall–Kier alpha value is -2.51. The first-order chi connectivity index (χ1) is 10.8. The van der Waals surface area contributed by atoms with E-state index in [4.69, 9.17) is 4.42 Å². The lowest BCUT2D eigenvalue weighted by atomic mass is 10.2. The summed E-state index contributed by atoms with van der Waals surface area (Å²) in [6.07, 6.45) is -3.26. The maximum absolute atomic E-state index is 12.2. The average Bonchev–Trinajstić information content (AvgIpc) is 2.91. The highest BCUT2D eigenvalue weighted by molar-refractivity contribution is 5.96. The van der Waals surface area contributed by atoms with Gasteiger partial charge in [0, 0.05) is 6.20 Å². The van der Waals surface area contributed by atoms with E-state index in [0.717, 1.165) is 0 Å². The summed E-state index contributed by atoms with van der Waals surface area (Å²) in [5.41, 5.74) is -0.0770. The van der Waals surface area contributed by atoms with Crippen LogP contribution in [0.15, 0.2) is 34.9 Å². The number of alkyl halides is 3. The van der Waals surface area contributed by atoms with Crippen LogP contribution in [0.25, 0.3) is 0 Å². The Morgan fingerprint density at radius 2 is 2.13 bits per heavy atom. The maximum atomic E-state index is 12.2. The van der Waals surface area contributed by atoms with Gasteiger partial charge in [-0.15, -0.1) is 0 Å². The molecule has 0 fully saturated rings. The van der Waals surface area contributed by atoms with E-state index in [1.54, 1.807) is 26.0 Å². The molecule has 2 aromatic rings. The minimum atomic E-state index is -4.51. The van der Waals surface area contributed by atoms with Crippen molar-refractivity contribution in [1.29, 1.82) is 0 Å². The SMILES string of the molecule is Cc1ccc(C(C)NC(=O)c2cccnc2OCC(F)(F)F)o1. The fourth-order valence-electron chi connectivity index (χ4n) is 1.86. The number of rotatable bonds is 5. The number of carbonyl (C=O) groups is 1. The van der Waals surface area contributed by atoms with Crippen LogP contribution in [0.2, 0.25) is 0 Å². The molecule has 124 valence electrons. The number of nitrogens with one attached hydrogen (secondary N) is 1. The Bertz CT molecular complexity index is 683. The molecular formula is C15H15F3N2O3. The number of aromatic nitrogens is 1. The summed E-state index contributed by atoms with van der Waals surface area (Å²) in [6.45, 7) is 1.95. The predicted molar refractivity (Wildman–Crippen MR) is 75.1 cm³/mol. The van der Waals surface area contributed by atoms with Crippen LogP contribution in [0.1, 0.15) is 34.8 Å². The molecule has 0 radical (unpaired) electrons. The van der Waals surface area contributed by atoms with Gasteiger partial charge in [0.15, 0.2) is 6.61 Å². The molecule has 2 rings (SSSR count). The maximum Gasteiger partial charge on any atom is 0.422 e. The van der Waals surface area contributed by atoms with Crippen molar-refractivity contribution < 1.29 is 27.1 Å². The molecular weight excluding hydrogens is 313 g/mol. The molecule has 0 aliphatic rings. The van der Waals surface area contributed by atoms with Crippen molar-refractivity contribution in [3.8, 4) is 5.88 Å². The third kappa shape index (κ3) is 4.73. The summed E-state index contributed by atoms with van der Waals surface area (Å²) in [7, 11) is 0. The molecule has 2 heterocycles. The first-order valence-corrected chi connectivity index (χ1v) is 6.78. The van der Waals surface area contributed by atoms with Crippen LogP contribution < -0.4 is 10.1 Å². The van der Waals surface area contributed by atoms with Crippen LogP contribution in [0.3, 0.4) is 0 Å². The monoisotopic (exact) mass is 328 g/mol. The molecule has 0 saturated carbocycles. The fraction of sp³-hybridized carbons (Fsp3) is 0.333. The van der Waals surface area contributed by atoms with Gasteiger partial charge in [-0.05, 0) is 38.1 Å². The molecule has 0 aromatic carbocycles. The molecule has 2 aromatic heterocycles. The van der Waals surface area contributed by atoms with Gasteiger partial charge >= 0.3 is 6.18 Å². The van der Waals surface area contributed by atoms with Gasteiger partial charge in [-0.2, -0.15) is 13.2 Å². The summed E-state index contributed by atoms with van der Waals surface area (Å²) in [5, 5.41) is 2.63. The Balaban J connectivity index is 2.10. The summed E-state index contributed by atoms with van der Waals surface area (Å²) in [6, 6.07) is 5.79. The van der Waals surface area contributed by atoms with Crippen molar-refractivity contribution in [2.75, 3.05) is 6.61 Å². The van der Waals surface area contributed by atoms with E-state index in [9.17, 15) is 18.0 Å². The van der Waals surface area contributed by atoms with Crippen LogP contribution in [-0.4, -0.2) is 23.7 Å². The van der Waals surface area contributed by atoms with E-state index in [1.165, 1.54) is 18.3 Å². The topological polar surface area (TPSA) is 64.4 Å². The zero-order valence-corrected chi connectivity index (χ0v) is 12.5. The molecule has 5 nitrogen and oxygen atoms in total. The number of hydrogen-bond donors (Lipinski definition) is 1. The number of hydrogen-bond acceptors (Lipinski definition) is 4. The number of aryl methyl sites for hydroxylation is 1. The van der Waals surface area contributed by atoms with E-state index in [0.29, 0.717) is 11.5 Å².